The molecule has 4 heterocycles. The molecule has 0 saturated heterocycles. The number of nitrogens with zero attached hydrogens (tertiary/aromatic N) is 6. The maximum Gasteiger partial charge on any atom is 0.361 e. The average molecular weight is 745 g/mol. The summed E-state index contributed by atoms with van der Waals surface area (Å²) in [5.41, 5.74) is 13.4. The van der Waals surface area contributed by atoms with Crippen LogP contribution in [0, 0.1) is 13.8 Å². The van der Waals surface area contributed by atoms with Crippen LogP contribution in [0.15, 0.2) is 120 Å². The highest BCUT2D eigenvalue weighted by molar-refractivity contribution is 6.17. The summed E-state index contributed by atoms with van der Waals surface area (Å²) in [5, 5.41) is 0. The highest BCUT2D eigenvalue weighted by Gasteiger charge is 2.27. The Morgan fingerprint density at radius 2 is 1.36 bits per heavy atom. The molecule has 0 amide bonds. The van der Waals surface area contributed by atoms with Gasteiger partial charge in [-0.2, -0.15) is 9.87 Å². The van der Waals surface area contributed by atoms with Crippen molar-refractivity contribution in [3.05, 3.63) is 172 Å². The van der Waals surface area contributed by atoms with Crippen molar-refractivity contribution in [2.75, 3.05) is 20.0 Å². The fraction of sp³-hybridized carbons (Fsp3) is 0.178. The van der Waals surface area contributed by atoms with Gasteiger partial charge in [0.1, 0.15) is 25.0 Å². The largest absolute Gasteiger partial charge is 0.434 e. The van der Waals surface area contributed by atoms with E-state index in [9.17, 15) is 4.79 Å². The summed E-state index contributed by atoms with van der Waals surface area (Å²) in [7, 11) is 0. The van der Waals surface area contributed by atoms with E-state index in [0.29, 0.717) is 18.1 Å². The first-order valence-corrected chi connectivity index (χ1v) is 18.4. The second-order valence-electron chi connectivity index (χ2n) is 13.4. The van der Waals surface area contributed by atoms with Crippen molar-refractivity contribution in [1.82, 2.24) is 19.1 Å². The van der Waals surface area contributed by atoms with E-state index in [1.54, 1.807) is 18.7 Å². The highest BCUT2D eigenvalue weighted by atomic mass is 17.2. The van der Waals surface area contributed by atoms with E-state index in [1.807, 2.05) is 58.5 Å². The lowest BCUT2D eigenvalue weighted by atomic mass is 9.95. The van der Waals surface area contributed by atoms with E-state index < -0.39 is 5.97 Å². The molecule has 0 spiro atoms. The standard InChI is InChI=1S/C45H40N6O5/c1-5-11-32-17-19-38-36(23-32)42(34-15-10-8-13-30(34)4)47-25-40-44(49-27-51(38)40)56-55-21-20-53-28-54-45(52)43-39-24-46-41(33-14-9-7-12-29(33)3)35-22-31(6-2)16-18-37(35)50(39)26-48-43/h5-19,22-23,26-27H,2,20-21,24-25,28H2,1,3-4H3. The Morgan fingerprint density at radius 3 is 2.02 bits per heavy atom. The first-order chi connectivity index (χ1) is 27.4. The molecule has 6 aromatic rings. The quantitative estimate of drug-likeness (QED) is 0.0408. The minimum absolute atomic E-state index is 0.0601. The van der Waals surface area contributed by atoms with E-state index in [2.05, 4.69) is 85.0 Å². The molecule has 0 atom stereocenters. The SMILES string of the molecule is C=Cc1ccc2c(c1)C(c1ccccc1C)=NCc1c(C(=O)OCOCCOOc3ncn4c3CN=C(c3ccccc3C)c3cc(C=CC)ccc3-4)ncn1-2. The summed E-state index contributed by atoms with van der Waals surface area (Å²) in [6.07, 6.45) is 9.24. The smallest absolute Gasteiger partial charge is 0.361 e. The number of hydrogen-bond donors (Lipinski definition) is 0. The predicted molar refractivity (Wildman–Crippen MR) is 216 cm³/mol. The lowest BCUT2D eigenvalue weighted by Gasteiger charge is -2.14. The molecule has 0 N–H and O–H groups in total. The minimum Gasteiger partial charge on any atom is -0.434 e. The molecule has 0 saturated carbocycles. The van der Waals surface area contributed by atoms with E-state index >= 15 is 0 Å². The number of allylic oxidation sites excluding steroid dienone is 1. The Labute approximate surface area is 324 Å². The number of aryl methyl sites for hydroxylation is 2. The molecule has 0 aliphatic carbocycles. The van der Waals surface area contributed by atoms with Crippen molar-refractivity contribution >= 4 is 29.5 Å². The van der Waals surface area contributed by atoms with Gasteiger partial charge in [0, 0.05) is 22.3 Å². The Bertz CT molecular complexity index is 2560. The van der Waals surface area contributed by atoms with Gasteiger partial charge in [0.15, 0.2) is 12.5 Å². The normalized spacial score (nSPS) is 13.1. The maximum absolute atomic E-state index is 13.3. The van der Waals surface area contributed by atoms with Gasteiger partial charge in [-0.05, 0) is 67.3 Å². The number of carbonyl (C=O) groups is 1. The van der Waals surface area contributed by atoms with E-state index in [-0.39, 0.29) is 32.2 Å². The number of esters is 1. The van der Waals surface area contributed by atoms with Crippen LogP contribution in [0.4, 0.5) is 0 Å². The number of ether oxygens (including phenoxy) is 2. The summed E-state index contributed by atoms with van der Waals surface area (Å²) in [6.45, 7) is 10.5. The Hall–Kier alpha value is -6.69. The van der Waals surface area contributed by atoms with Crippen LogP contribution in [0.5, 0.6) is 5.88 Å². The topological polar surface area (TPSA) is 114 Å². The van der Waals surface area contributed by atoms with Gasteiger partial charge in [0.05, 0.1) is 48.2 Å². The number of hydrogen-bond acceptors (Lipinski definition) is 9. The van der Waals surface area contributed by atoms with Gasteiger partial charge in [-0.3, -0.25) is 19.1 Å². The van der Waals surface area contributed by atoms with Crippen LogP contribution in [0.2, 0.25) is 0 Å². The number of imidazole rings is 2. The fourth-order valence-electron chi connectivity index (χ4n) is 7.04. The molecule has 2 aliphatic heterocycles. The molecule has 0 unspecified atom stereocenters. The molecule has 8 rings (SSSR count). The Kier molecular flexibility index (Phi) is 10.3. The molecule has 0 fully saturated rings. The van der Waals surface area contributed by atoms with E-state index in [4.69, 9.17) is 29.2 Å². The lowest BCUT2D eigenvalue weighted by Crippen LogP contribution is -2.14. The number of fused-ring (bicyclic) bond motifs is 6. The molecule has 2 aromatic heterocycles. The molecule has 11 nitrogen and oxygen atoms in total. The zero-order valence-electron chi connectivity index (χ0n) is 31.4. The predicted octanol–water partition coefficient (Wildman–Crippen LogP) is 8.19. The third-order valence-corrected chi connectivity index (χ3v) is 9.85. The highest BCUT2D eigenvalue weighted by Crippen LogP contribution is 2.32. The number of aliphatic imine (C=N–C) groups is 2. The molecule has 2 aliphatic rings. The molecular formula is C45H40N6O5. The zero-order chi connectivity index (χ0) is 38.6. The van der Waals surface area contributed by atoms with Crippen LogP contribution < -0.4 is 4.89 Å². The van der Waals surface area contributed by atoms with Crippen LogP contribution in [-0.2, 0) is 27.5 Å². The molecule has 56 heavy (non-hydrogen) atoms. The van der Waals surface area contributed by atoms with Crippen LogP contribution in [0.25, 0.3) is 23.5 Å². The Balaban J connectivity index is 0.901. The summed E-state index contributed by atoms with van der Waals surface area (Å²) >= 11 is 0. The van der Waals surface area contributed by atoms with Crippen molar-refractivity contribution in [2.45, 2.75) is 33.9 Å². The molecule has 0 bridgehead atoms. The summed E-state index contributed by atoms with van der Waals surface area (Å²) in [4.78, 5) is 43.4. The van der Waals surface area contributed by atoms with Crippen LogP contribution in [0.1, 0.15) is 73.3 Å². The second kappa shape index (κ2) is 16.0. The third-order valence-electron chi connectivity index (χ3n) is 9.85. The monoisotopic (exact) mass is 744 g/mol. The van der Waals surface area contributed by atoms with Gasteiger partial charge in [-0.25, -0.2) is 9.78 Å². The van der Waals surface area contributed by atoms with E-state index in [0.717, 1.165) is 73.0 Å². The number of aromatic nitrogens is 4. The van der Waals surface area contributed by atoms with Crippen molar-refractivity contribution in [1.29, 1.82) is 0 Å². The first kappa shape index (κ1) is 36.3. The number of rotatable bonds is 12. The number of benzene rings is 4. The molecule has 280 valence electrons. The third kappa shape index (κ3) is 7.01. The van der Waals surface area contributed by atoms with Gasteiger partial charge < -0.3 is 14.4 Å². The molecule has 4 aromatic carbocycles. The fourth-order valence-corrected chi connectivity index (χ4v) is 7.04. The van der Waals surface area contributed by atoms with Gasteiger partial charge in [0.25, 0.3) is 5.88 Å². The van der Waals surface area contributed by atoms with Crippen molar-refractivity contribution < 1.29 is 24.0 Å². The zero-order valence-corrected chi connectivity index (χ0v) is 31.4. The van der Waals surface area contributed by atoms with Crippen molar-refractivity contribution in [3.8, 4) is 17.3 Å². The molecular weight excluding hydrogens is 705 g/mol. The Morgan fingerprint density at radius 1 is 0.750 bits per heavy atom. The summed E-state index contributed by atoms with van der Waals surface area (Å²) in [5.74, 6) is -0.301. The minimum atomic E-state index is -0.612. The van der Waals surface area contributed by atoms with Gasteiger partial charge in [-0.1, -0.05) is 85.5 Å². The van der Waals surface area contributed by atoms with Crippen LogP contribution in [-0.4, -0.2) is 56.5 Å². The molecule has 0 radical (unpaired) electrons. The summed E-state index contributed by atoms with van der Waals surface area (Å²) < 4.78 is 14.9. The first-order valence-electron chi connectivity index (χ1n) is 18.4. The second-order valence-corrected chi connectivity index (χ2v) is 13.4. The van der Waals surface area contributed by atoms with E-state index in [1.165, 1.54) is 0 Å². The maximum atomic E-state index is 13.3. The van der Waals surface area contributed by atoms with Gasteiger partial charge in [0.2, 0.25) is 0 Å². The van der Waals surface area contributed by atoms with Gasteiger partial charge in [-0.15, -0.1) is 0 Å². The van der Waals surface area contributed by atoms with Crippen molar-refractivity contribution in [2.24, 2.45) is 9.98 Å². The molecule has 11 heteroatoms. The van der Waals surface area contributed by atoms with Crippen LogP contribution >= 0.6 is 0 Å². The average Bonchev–Trinajstić information content (AvgIpc) is 3.74. The summed E-state index contributed by atoms with van der Waals surface area (Å²) in [6, 6.07) is 28.7. The van der Waals surface area contributed by atoms with Crippen LogP contribution in [0.3, 0.4) is 0 Å². The number of carbonyl (C=O) groups excluding carboxylic acids is 1. The van der Waals surface area contributed by atoms with Crippen molar-refractivity contribution in [3.63, 3.8) is 0 Å². The lowest BCUT2D eigenvalue weighted by molar-refractivity contribution is -0.221. The van der Waals surface area contributed by atoms with Gasteiger partial charge >= 0.3 is 5.97 Å².